The SMILES string of the molecule is CC1CCC(C2CCCCC2)CC1.CCC.COC.COC(C)C.[2H]C(C)(C)C.[2H]C([2H])(C)C(C)(C)C.[2H]C([2H])(C)C(C)C.[2H]C([2H])(C)C1CCCC1.[2H]C([2H])(C)C1CCCCC1.[2H]C([2H])([2H])C([2H])(C)C.[2H]C1(C)CCCC1.[2H]C1(C)CCCCC1. The topological polar surface area (TPSA) is 18.5 Å². The number of ether oxygens (including phenoxy) is 2. The van der Waals surface area contributed by atoms with Crippen LogP contribution in [0.5, 0.6) is 0 Å². The van der Waals surface area contributed by atoms with Crippen LogP contribution in [0.15, 0.2) is 0 Å². The molecule has 0 aromatic heterocycles. The molecule has 2 heteroatoms. The van der Waals surface area contributed by atoms with Gasteiger partial charge in [0.2, 0.25) is 0 Å². The molecule has 0 aromatic carbocycles. The van der Waals surface area contributed by atoms with Crippen molar-refractivity contribution >= 4 is 0 Å². The zero-order valence-corrected chi connectivity index (χ0v) is 53.7. The van der Waals surface area contributed by atoms with Gasteiger partial charge in [0.15, 0.2) is 0 Å². The van der Waals surface area contributed by atoms with Gasteiger partial charge < -0.3 is 9.47 Å². The largest absolute Gasteiger partial charge is 0.388 e. The standard InChI is InChI=1S/C13H24.C8H16.2C7H14.C6H12.C6H14.C5H12.C4H10O.2C4H10.C3H8.C2H6O/c1-11-7-9-13(10-8-11)12-5-3-2-4-6-12;1-2-8-6-4-3-5-7-8;1-7-5-3-2-4-6-7;1-2-7-5-3-4-6-7;1-6-4-2-3-5-6;1-5-6(2,3)4;1-4-5(2)3;1-4(2)5-3;2*1-4(2)3;2*1-3-2/h11-13H,2-10H2,1H3;8H,2-7H2,1H3;2*7H,2-6H2,1H3;6H,2-5H2,1H3;5H2,1-4H3;5H,4H2,1-3H3;4H,1-3H3;2*4H,1-3H3;3H2,1-2H3;1-2H3/i;2D2;7D;2D2;6D;5D2;4D2;;1D3,4D;4D;;. The molecule has 0 N–H and O–H groups in total. The number of rotatable bonds is 5. The van der Waals surface area contributed by atoms with E-state index in [2.05, 4.69) is 25.5 Å². The van der Waals surface area contributed by atoms with Crippen molar-refractivity contribution in [3.8, 4) is 0 Å². The van der Waals surface area contributed by atoms with E-state index in [9.17, 15) is 0 Å². The third-order valence-corrected chi connectivity index (χ3v) is 13.1. The van der Waals surface area contributed by atoms with E-state index in [0.29, 0.717) is 17.9 Å². The van der Waals surface area contributed by atoms with Crippen molar-refractivity contribution in [3.05, 3.63) is 0 Å². The summed E-state index contributed by atoms with van der Waals surface area (Å²) in [5.74, 6) is 2.40. The second-order valence-electron chi connectivity index (χ2n) is 23.8. The Kier molecular flexibility index (Phi) is 47.8. The number of hydrogen-bond acceptors (Lipinski definition) is 2. The average Bonchev–Trinajstić information content (AvgIpc) is 4.05. The Morgan fingerprint density at radius 3 is 0.887 bits per heavy atom. The quantitative estimate of drug-likeness (QED) is 0.273. The molecule has 6 saturated carbocycles. The minimum absolute atomic E-state index is 0.0556. The maximum atomic E-state index is 7.63. The van der Waals surface area contributed by atoms with Gasteiger partial charge in [-0.1, -0.05) is 331 Å². The van der Waals surface area contributed by atoms with Gasteiger partial charge in [-0.2, -0.15) is 0 Å². The third-order valence-electron chi connectivity index (χ3n) is 13.1. The first-order valence-corrected chi connectivity index (χ1v) is 30.0. The summed E-state index contributed by atoms with van der Waals surface area (Å²) in [5.41, 5.74) is -0.229. The summed E-state index contributed by atoms with van der Waals surface area (Å²) in [7, 11) is 4.95. The Bertz CT molecular complexity index is 1390. The van der Waals surface area contributed by atoms with Gasteiger partial charge in [0.05, 0.1) is 6.10 Å². The lowest BCUT2D eigenvalue weighted by Crippen LogP contribution is -2.22. The summed E-state index contributed by atoms with van der Waals surface area (Å²) in [6.45, 7) is 37.0. The second-order valence-corrected chi connectivity index (χ2v) is 23.8. The van der Waals surface area contributed by atoms with E-state index in [1.807, 2.05) is 83.1 Å². The minimum Gasteiger partial charge on any atom is -0.388 e. The van der Waals surface area contributed by atoms with Crippen molar-refractivity contribution in [2.75, 3.05) is 21.3 Å². The molecule has 6 aliphatic carbocycles. The number of methoxy groups -OCH3 is 2. The third kappa shape index (κ3) is 81.5. The van der Waals surface area contributed by atoms with Crippen molar-refractivity contribution < 1.29 is 30.0 Å². The van der Waals surface area contributed by atoms with Gasteiger partial charge in [0.25, 0.3) is 0 Å². The summed E-state index contributed by atoms with van der Waals surface area (Å²) in [6.07, 6.45) is 33.1. The highest BCUT2D eigenvalue weighted by Crippen LogP contribution is 2.39. The molecule has 0 saturated heterocycles. The fraction of sp³-hybridized carbons (Fsp3) is 1.00. The van der Waals surface area contributed by atoms with Crippen LogP contribution in [0.2, 0.25) is 0 Å². The Hall–Kier alpha value is -0.0800. The summed E-state index contributed by atoms with van der Waals surface area (Å²) >= 11 is 0. The summed E-state index contributed by atoms with van der Waals surface area (Å²) in [5, 5.41) is 0. The van der Waals surface area contributed by atoms with Crippen molar-refractivity contribution in [1.82, 2.24) is 0 Å². The molecule has 0 aromatic rings. The molecule has 2 nitrogen and oxygen atoms in total. The van der Waals surface area contributed by atoms with Crippen LogP contribution in [-0.2, 0) is 9.47 Å². The Balaban J connectivity index is -0.000000207. The molecule has 0 radical (unpaired) electrons. The van der Waals surface area contributed by atoms with Gasteiger partial charge in [0.1, 0.15) is 0 Å². The highest BCUT2D eigenvalue weighted by atomic mass is 16.5. The Morgan fingerprint density at radius 2 is 0.704 bits per heavy atom. The molecule has 0 unspecified atom stereocenters. The fourth-order valence-electron chi connectivity index (χ4n) is 8.10. The zero-order valence-electron chi connectivity index (χ0n) is 68.7. The maximum absolute atomic E-state index is 7.63. The highest BCUT2D eigenvalue weighted by Gasteiger charge is 2.27. The van der Waals surface area contributed by atoms with Crippen LogP contribution in [0, 0.1) is 64.5 Å². The van der Waals surface area contributed by atoms with Gasteiger partial charge in [0, 0.05) is 41.9 Å². The van der Waals surface area contributed by atoms with Crippen LogP contribution in [0.1, 0.15) is 378 Å². The first-order valence-electron chi connectivity index (χ1n) is 37.5. The molecule has 0 heterocycles. The first-order chi connectivity index (χ1) is 38.5. The first kappa shape index (κ1) is 54.3. The normalized spacial score (nSPS) is 25.7. The van der Waals surface area contributed by atoms with Crippen LogP contribution in [0.25, 0.3) is 0 Å². The Labute approximate surface area is 478 Å². The molecular formula is C69H150O2. The summed E-state index contributed by atoms with van der Waals surface area (Å²) in [4.78, 5) is 0. The van der Waals surface area contributed by atoms with E-state index in [0.717, 1.165) is 69.1 Å². The van der Waals surface area contributed by atoms with Gasteiger partial charge in [-0.3, -0.25) is 0 Å². The van der Waals surface area contributed by atoms with E-state index < -0.39 is 38.2 Å². The lowest BCUT2D eigenvalue weighted by atomic mass is 9.71. The molecular weight excluding hydrogens is 861 g/mol. The van der Waals surface area contributed by atoms with Crippen molar-refractivity contribution in [1.29, 1.82) is 0 Å². The van der Waals surface area contributed by atoms with E-state index in [1.54, 1.807) is 74.7 Å². The molecule has 0 spiro atoms. The monoisotopic (exact) mass is 1030 g/mol. The van der Waals surface area contributed by atoms with Crippen LogP contribution in [0.3, 0.4) is 0 Å². The Morgan fingerprint density at radius 1 is 0.479 bits per heavy atom. The van der Waals surface area contributed by atoms with E-state index in [4.69, 9.17) is 25.3 Å². The molecule has 6 rings (SSSR count). The van der Waals surface area contributed by atoms with Crippen molar-refractivity contribution in [3.63, 3.8) is 0 Å². The van der Waals surface area contributed by atoms with Crippen molar-refractivity contribution in [2.24, 2.45) is 64.5 Å². The van der Waals surface area contributed by atoms with Crippen LogP contribution in [0.4, 0.5) is 0 Å². The predicted octanol–water partition coefficient (Wildman–Crippen LogP) is 25.3. The van der Waals surface area contributed by atoms with Gasteiger partial charge in [-0.25, -0.2) is 0 Å². The zero-order chi connectivity index (χ0) is 69.3. The lowest BCUT2D eigenvalue weighted by Gasteiger charge is -2.34. The van der Waals surface area contributed by atoms with E-state index >= 15 is 0 Å². The molecule has 0 amide bonds. The lowest BCUT2D eigenvalue weighted by molar-refractivity contribution is 0.134. The fourth-order valence-corrected chi connectivity index (χ4v) is 8.10. The van der Waals surface area contributed by atoms with Gasteiger partial charge in [-0.15, -0.1) is 0 Å². The van der Waals surface area contributed by atoms with E-state index in [-0.39, 0.29) is 29.0 Å². The van der Waals surface area contributed by atoms with Crippen LogP contribution < -0.4 is 0 Å². The van der Waals surface area contributed by atoms with Crippen molar-refractivity contribution in [2.45, 2.75) is 364 Å². The van der Waals surface area contributed by atoms with Gasteiger partial charge in [-0.05, 0) is 91.2 Å². The molecule has 0 atom stereocenters. The number of hydrogen-bond donors (Lipinski definition) is 0. The minimum atomic E-state index is -2.15. The second kappa shape index (κ2) is 62.5. The summed E-state index contributed by atoms with van der Waals surface area (Å²) < 4.78 is 117. The molecule has 71 heavy (non-hydrogen) atoms. The average molecular weight is 1030 g/mol. The predicted molar refractivity (Wildman–Crippen MR) is 334 cm³/mol. The van der Waals surface area contributed by atoms with Crippen LogP contribution in [-0.4, -0.2) is 27.4 Å². The van der Waals surface area contributed by atoms with Gasteiger partial charge >= 0.3 is 0 Å². The highest BCUT2D eigenvalue weighted by molar-refractivity contribution is 4.78. The summed E-state index contributed by atoms with van der Waals surface area (Å²) in [6, 6.07) is 0. The maximum Gasteiger partial charge on any atom is 0.0515 e. The van der Waals surface area contributed by atoms with E-state index in [1.165, 1.54) is 117 Å². The smallest absolute Gasteiger partial charge is 0.0515 e. The molecule has 6 aliphatic rings. The molecule has 0 aliphatic heterocycles. The molecule has 0 bridgehead atoms. The molecule has 6 fully saturated rings. The van der Waals surface area contributed by atoms with Crippen LogP contribution >= 0.6 is 0 Å². The molecule has 438 valence electrons.